The molecule has 0 aliphatic carbocycles. The minimum absolute atomic E-state index is 0.151. The maximum Gasteiger partial charge on any atom is 0.220 e. The van der Waals surface area contributed by atoms with Gasteiger partial charge in [-0.2, -0.15) is 12.6 Å². The highest BCUT2D eigenvalue weighted by Crippen LogP contribution is 2.12. The highest BCUT2D eigenvalue weighted by molar-refractivity contribution is 7.80. The molecular weight excluding hydrogens is 280 g/mol. The third kappa shape index (κ3) is 17.7. The lowest BCUT2D eigenvalue weighted by atomic mass is 10.0. The largest absolute Gasteiger partial charge is 0.355 e. The number of carbonyl (C=O) groups is 1. The number of hydrogen-bond donors (Lipinski definition) is 3. The number of hydrogen-bond acceptors (Lipinski definition) is 3. The van der Waals surface area contributed by atoms with E-state index >= 15 is 0 Å². The van der Waals surface area contributed by atoms with Gasteiger partial charge in [0, 0.05) is 19.5 Å². The second kappa shape index (κ2) is 17.8. The summed E-state index contributed by atoms with van der Waals surface area (Å²) in [6.45, 7) is 1.13. The molecule has 0 heterocycles. The summed E-state index contributed by atoms with van der Waals surface area (Å²) in [6.07, 6.45) is 16.4. The van der Waals surface area contributed by atoms with Crippen LogP contribution in [0.15, 0.2) is 0 Å². The molecule has 3 nitrogen and oxygen atoms in total. The van der Waals surface area contributed by atoms with E-state index in [2.05, 4.69) is 17.9 Å². The van der Waals surface area contributed by atoms with Crippen LogP contribution in [0.25, 0.3) is 0 Å². The van der Waals surface area contributed by atoms with Crippen molar-refractivity contribution in [2.45, 2.75) is 83.5 Å². The Bertz CT molecular complexity index is 225. The van der Waals surface area contributed by atoms with Crippen molar-refractivity contribution in [2.75, 3.05) is 18.8 Å². The SMILES string of the molecule is NCCNC(=O)CCCCCCCCCCCCCCS. The molecule has 0 aromatic carbocycles. The molecule has 1 amide bonds. The Morgan fingerprint density at radius 2 is 1.19 bits per heavy atom. The van der Waals surface area contributed by atoms with E-state index in [0.29, 0.717) is 19.5 Å². The maximum absolute atomic E-state index is 11.3. The van der Waals surface area contributed by atoms with Gasteiger partial charge in [-0.15, -0.1) is 0 Å². The van der Waals surface area contributed by atoms with Crippen LogP contribution in [0.5, 0.6) is 0 Å². The van der Waals surface area contributed by atoms with Crippen LogP contribution in [-0.4, -0.2) is 24.7 Å². The summed E-state index contributed by atoms with van der Waals surface area (Å²) in [5.74, 6) is 1.19. The summed E-state index contributed by atoms with van der Waals surface area (Å²) in [5, 5.41) is 2.81. The van der Waals surface area contributed by atoms with Gasteiger partial charge >= 0.3 is 0 Å². The normalized spacial score (nSPS) is 10.8. The lowest BCUT2D eigenvalue weighted by Gasteiger charge is -2.04. The molecule has 0 bridgehead atoms. The maximum atomic E-state index is 11.3. The fraction of sp³-hybridized carbons (Fsp3) is 0.941. The van der Waals surface area contributed by atoms with Gasteiger partial charge in [-0.05, 0) is 18.6 Å². The van der Waals surface area contributed by atoms with Crippen molar-refractivity contribution in [2.24, 2.45) is 5.73 Å². The molecule has 0 aliphatic rings. The zero-order chi connectivity index (χ0) is 15.6. The number of nitrogens with one attached hydrogen (secondary N) is 1. The third-order valence-electron chi connectivity index (χ3n) is 3.78. The second-order valence-electron chi connectivity index (χ2n) is 5.85. The van der Waals surface area contributed by atoms with Crippen LogP contribution < -0.4 is 11.1 Å². The van der Waals surface area contributed by atoms with Gasteiger partial charge in [0.25, 0.3) is 0 Å². The van der Waals surface area contributed by atoms with Gasteiger partial charge in [-0.1, -0.05) is 64.2 Å². The summed E-state index contributed by atoms with van der Waals surface area (Å²) in [4.78, 5) is 11.3. The smallest absolute Gasteiger partial charge is 0.220 e. The molecule has 0 aromatic rings. The predicted octanol–water partition coefficient (Wildman–Crippen LogP) is 4.06. The highest BCUT2D eigenvalue weighted by atomic mass is 32.1. The fourth-order valence-electron chi connectivity index (χ4n) is 2.47. The Hall–Kier alpha value is -0.220. The van der Waals surface area contributed by atoms with Crippen molar-refractivity contribution in [1.29, 1.82) is 0 Å². The van der Waals surface area contributed by atoms with Crippen LogP contribution in [0.2, 0.25) is 0 Å². The van der Waals surface area contributed by atoms with Gasteiger partial charge in [-0.3, -0.25) is 4.79 Å². The zero-order valence-electron chi connectivity index (χ0n) is 13.7. The van der Waals surface area contributed by atoms with Crippen LogP contribution in [0.3, 0.4) is 0 Å². The van der Waals surface area contributed by atoms with Crippen LogP contribution in [0.4, 0.5) is 0 Å². The summed E-state index contributed by atoms with van der Waals surface area (Å²) in [5.41, 5.74) is 5.33. The molecule has 0 rings (SSSR count). The van der Waals surface area contributed by atoms with Crippen LogP contribution in [0.1, 0.15) is 83.5 Å². The standard InChI is InChI=1S/C17H36N2OS/c18-14-15-19-17(20)13-11-9-7-5-3-1-2-4-6-8-10-12-16-21/h21H,1-16,18H2,(H,19,20). The van der Waals surface area contributed by atoms with Crippen molar-refractivity contribution in [3.8, 4) is 0 Å². The molecule has 0 aromatic heterocycles. The number of rotatable bonds is 16. The number of thiol groups is 1. The lowest BCUT2D eigenvalue weighted by Crippen LogP contribution is -2.28. The van der Waals surface area contributed by atoms with E-state index in [1.807, 2.05) is 0 Å². The van der Waals surface area contributed by atoms with Gasteiger partial charge in [0.05, 0.1) is 0 Å². The van der Waals surface area contributed by atoms with E-state index in [0.717, 1.165) is 12.2 Å². The number of amides is 1. The van der Waals surface area contributed by atoms with E-state index in [1.54, 1.807) is 0 Å². The van der Waals surface area contributed by atoms with Crippen LogP contribution in [-0.2, 0) is 4.79 Å². The van der Waals surface area contributed by atoms with Gasteiger partial charge in [-0.25, -0.2) is 0 Å². The Balaban J connectivity index is 3.04. The van der Waals surface area contributed by atoms with E-state index in [4.69, 9.17) is 5.73 Å². The molecule has 0 saturated carbocycles. The summed E-state index contributed by atoms with van der Waals surface area (Å²) in [7, 11) is 0. The fourth-order valence-corrected chi connectivity index (χ4v) is 2.69. The highest BCUT2D eigenvalue weighted by Gasteiger charge is 1.99. The van der Waals surface area contributed by atoms with Gasteiger partial charge in [0.15, 0.2) is 0 Å². The van der Waals surface area contributed by atoms with Gasteiger partial charge < -0.3 is 11.1 Å². The molecule has 0 fully saturated rings. The third-order valence-corrected chi connectivity index (χ3v) is 4.09. The monoisotopic (exact) mass is 316 g/mol. The first-order chi connectivity index (χ1) is 10.3. The molecule has 0 saturated heterocycles. The molecule has 3 N–H and O–H groups in total. The minimum atomic E-state index is 0.151. The minimum Gasteiger partial charge on any atom is -0.355 e. The number of unbranched alkanes of at least 4 members (excludes halogenated alkanes) is 11. The molecule has 0 spiro atoms. The summed E-state index contributed by atoms with van der Waals surface area (Å²) in [6, 6.07) is 0. The summed E-state index contributed by atoms with van der Waals surface area (Å²) < 4.78 is 0. The van der Waals surface area contributed by atoms with Crippen molar-refractivity contribution in [1.82, 2.24) is 5.32 Å². The Morgan fingerprint density at radius 1 is 0.762 bits per heavy atom. The molecule has 0 radical (unpaired) electrons. The molecule has 0 atom stereocenters. The van der Waals surface area contributed by atoms with Crippen molar-refractivity contribution in [3.05, 3.63) is 0 Å². The van der Waals surface area contributed by atoms with E-state index in [9.17, 15) is 4.79 Å². The average molecular weight is 317 g/mol. The van der Waals surface area contributed by atoms with Gasteiger partial charge in [0.1, 0.15) is 0 Å². The van der Waals surface area contributed by atoms with E-state index < -0.39 is 0 Å². The van der Waals surface area contributed by atoms with Crippen LogP contribution >= 0.6 is 12.6 Å². The van der Waals surface area contributed by atoms with Crippen molar-refractivity contribution in [3.63, 3.8) is 0 Å². The van der Waals surface area contributed by atoms with E-state index in [-0.39, 0.29) is 5.91 Å². The lowest BCUT2D eigenvalue weighted by molar-refractivity contribution is -0.121. The van der Waals surface area contributed by atoms with E-state index in [1.165, 1.54) is 70.6 Å². The first kappa shape index (κ1) is 20.8. The molecule has 0 aliphatic heterocycles. The predicted molar refractivity (Wildman–Crippen MR) is 95.9 cm³/mol. The molecule has 4 heteroatoms. The van der Waals surface area contributed by atoms with Crippen molar-refractivity contribution >= 4 is 18.5 Å². The van der Waals surface area contributed by atoms with Crippen molar-refractivity contribution < 1.29 is 4.79 Å². The molecule has 21 heavy (non-hydrogen) atoms. The topological polar surface area (TPSA) is 55.1 Å². The van der Waals surface area contributed by atoms with Gasteiger partial charge in [0.2, 0.25) is 5.91 Å². The Morgan fingerprint density at radius 3 is 1.62 bits per heavy atom. The number of nitrogens with two attached hydrogens (primary N) is 1. The zero-order valence-corrected chi connectivity index (χ0v) is 14.6. The Kier molecular flexibility index (Phi) is 17.6. The number of carbonyl (C=O) groups excluding carboxylic acids is 1. The average Bonchev–Trinajstić information content (AvgIpc) is 2.49. The molecule has 126 valence electrons. The first-order valence-electron chi connectivity index (χ1n) is 8.89. The Labute approximate surface area is 137 Å². The molecular formula is C17H36N2OS. The second-order valence-corrected chi connectivity index (χ2v) is 6.30. The summed E-state index contributed by atoms with van der Waals surface area (Å²) >= 11 is 4.23. The quantitative estimate of drug-likeness (QED) is 0.297. The molecule has 0 unspecified atom stereocenters. The van der Waals surface area contributed by atoms with Crippen LogP contribution in [0, 0.1) is 0 Å². The first-order valence-corrected chi connectivity index (χ1v) is 9.52.